The summed E-state index contributed by atoms with van der Waals surface area (Å²) in [5.41, 5.74) is 5.29. The number of rotatable bonds is 9. The molecule has 0 spiro atoms. The topological polar surface area (TPSA) is 57.7 Å². The van der Waals surface area contributed by atoms with Gasteiger partial charge >= 0.3 is 0 Å². The van der Waals surface area contributed by atoms with Crippen LogP contribution in [-0.4, -0.2) is 94.0 Å². The van der Waals surface area contributed by atoms with E-state index in [9.17, 15) is 4.79 Å². The molecule has 8 nitrogen and oxygen atoms in total. The summed E-state index contributed by atoms with van der Waals surface area (Å²) in [4.78, 5) is 30.3. The molecule has 8 heteroatoms. The number of carbonyl (C=O) groups is 1. The normalized spacial score (nSPS) is 17.3. The molecule has 0 aromatic heterocycles. The Bertz CT molecular complexity index is 1310. The van der Waals surface area contributed by atoms with E-state index in [1.807, 2.05) is 42.5 Å². The minimum atomic E-state index is -0.175. The van der Waals surface area contributed by atoms with E-state index in [-0.39, 0.29) is 11.9 Å². The van der Waals surface area contributed by atoms with E-state index >= 15 is 0 Å². The zero-order valence-corrected chi connectivity index (χ0v) is 24.8. The molecule has 1 atom stereocenters. The lowest BCUT2D eigenvalue weighted by Gasteiger charge is -2.45. The van der Waals surface area contributed by atoms with E-state index < -0.39 is 0 Å². The lowest BCUT2D eigenvalue weighted by atomic mass is 9.97. The van der Waals surface area contributed by atoms with Crippen LogP contribution < -0.4 is 15.1 Å². The van der Waals surface area contributed by atoms with E-state index in [1.165, 1.54) is 0 Å². The second kappa shape index (κ2) is 13.2. The highest BCUT2D eigenvalue weighted by molar-refractivity contribution is 6.01. The Labute approximate surface area is 244 Å². The van der Waals surface area contributed by atoms with Crippen LogP contribution >= 0.6 is 0 Å². The van der Waals surface area contributed by atoms with Crippen LogP contribution in [0.1, 0.15) is 23.6 Å². The molecular weight excluding hydrogens is 510 g/mol. The number of guanidine groups is 1. The highest BCUT2D eigenvalue weighted by Crippen LogP contribution is 2.40. The molecule has 0 aliphatic carbocycles. The molecule has 2 aliphatic rings. The van der Waals surface area contributed by atoms with Gasteiger partial charge in [-0.1, -0.05) is 48.5 Å². The Balaban J connectivity index is 1.44. The summed E-state index contributed by atoms with van der Waals surface area (Å²) in [6, 6.07) is 26.8. The molecule has 0 radical (unpaired) electrons. The fraction of sp³-hybridized carbons (Fsp3) is 0.394. The first-order valence-corrected chi connectivity index (χ1v) is 14.6. The van der Waals surface area contributed by atoms with Gasteiger partial charge < -0.3 is 24.9 Å². The lowest BCUT2D eigenvalue weighted by Crippen LogP contribution is -2.56. The fourth-order valence-corrected chi connectivity index (χ4v) is 5.50. The Hall–Kier alpha value is -3.88. The Morgan fingerprint density at radius 1 is 0.878 bits per heavy atom. The van der Waals surface area contributed by atoms with Crippen LogP contribution in [0.4, 0.5) is 17.1 Å². The summed E-state index contributed by atoms with van der Waals surface area (Å²) in [5.74, 6) is 0.952. The number of nitrogens with zero attached hydrogens (tertiary/aromatic N) is 6. The van der Waals surface area contributed by atoms with E-state index in [0.29, 0.717) is 13.0 Å². The summed E-state index contributed by atoms with van der Waals surface area (Å²) >= 11 is 0. The van der Waals surface area contributed by atoms with Crippen molar-refractivity contribution in [3.63, 3.8) is 0 Å². The fourth-order valence-electron chi connectivity index (χ4n) is 5.50. The first-order valence-electron chi connectivity index (χ1n) is 14.6. The van der Waals surface area contributed by atoms with Crippen LogP contribution in [0.2, 0.25) is 0 Å². The Morgan fingerprint density at radius 2 is 1.56 bits per heavy atom. The molecule has 1 N–H and O–H groups in total. The summed E-state index contributed by atoms with van der Waals surface area (Å²) < 4.78 is 0. The maximum absolute atomic E-state index is 13.5. The zero-order chi connectivity index (χ0) is 28.8. The number of anilines is 2. The Kier molecular flexibility index (Phi) is 9.21. The predicted molar refractivity (Wildman–Crippen MR) is 169 cm³/mol. The van der Waals surface area contributed by atoms with Gasteiger partial charge in [0.25, 0.3) is 0 Å². The summed E-state index contributed by atoms with van der Waals surface area (Å²) in [7, 11) is 8.35. The predicted octanol–water partition coefficient (Wildman–Crippen LogP) is 4.19. The van der Waals surface area contributed by atoms with Gasteiger partial charge in [0.05, 0.1) is 18.2 Å². The third-order valence-corrected chi connectivity index (χ3v) is 7.92. The number of piperazine rings is 1. The van der Waals surface area contributed by atoms with Crippen LogP contribution in [0.3, 0.4) is 0 Å². The first kappa shape index (κ1) is 28.6. The summed E-state index contributed by atoms with van der Waals surface area (Å²) in [6.07, 6.45) is 0.334. The number of amides is 1. The maximum atomic E-state index is 13.5. The van der Waals surface area contributed by atoms with Gasteiger partial charge in [0, 0.05) is 76.8 Å². The molecule has 1 amide bonds. The van der Waals surface area contributed by atoms with E-state index in [4.69, 9.17) is 4.99 Å². The van der Waals surface area contributed by atoms with E-state index in [1.54, 1.807) is 0 Å². The molecule has 216 valence electrons. The number of aliphatic imine (C=N–C) groups is 1. The average Bonchev–Trinajstić information content (AvgIpc) is 2.99. The molecule has 41 heavy (non-hydrogen) atoms. The number of para-hydroxylation sites is 1. The number of hydrogen-bond acceptors (Lipinski definition) is 7. The van der Waals surface area contributed by atoms with Crippen LogP contribution in [-0.2, 0) is 11.3 Å². The van der Waals surface area contributed by atoms with Crippen molar-refractivity contribution in [3.8, 4) is 0 Å². The molecule has 3 aromatic carbocycles. The molecule has 2 heterocycles. The minimum Gasteiger partial charge on any atom is -0.378 e. The van der Waals surface area contributed by atoms with Crippen LogP contribution in [0.25, 0.3) is 0 Å². The zero-order valence-electron chi connectivity index (χ0n) is 24.8. The van der Waals surface area contributed by atoms with Crippen molar-refractivity contribution in [2.45, 2.75) is 19.0 Å². The molecular formula is C33H43N7O. The third kappa shape index (κ3) is 7.07. The van der Waals surface area contributed by atoms with Crippen LogP contribution in [0, 0.1) is 0 Å². The molecule has 0 bridgehead atoms. The first-order chi connectivity index (χ1) is 19.9. The van der Waals surface area contributed by atoms with Crippen molar-refractivity contribution in [2.24, 2.45) is 4.99 Å². The molecule has 5 rings (SSSR count). The molecule has 2 aliphatic heterocycles. The second-order valence-corrected chi connectivity index (χ2v) is 11.4. The maximum Gasteiger partial charge on any atom is 0.222 e. The SMILES string of the molecule is CN(C)CCN1CCN(C2=Nc3ccccc3C(CC(=O)NCc3ccccc3)N2c2ccc(N(C)C)cc2)CC1. The number of benzene rings is 3. The molecule has 1 unspecified atom stereocenters. The number of carbonyl (C=O) groups excluding carboxylic acids is 1. The van der Waals surface area contributed by atoms with Gasteiger partial charge in [0.15, 0.2) is 0 Å². The molecule has 3 aromatic rings. The van der Waals surface area contributed by atoms with E-state index in [0.717, 1.165) is 73.4 Å². The average molecular weight is 554 g/mol. The van der Waals surface area contributed by atoms with Crippen molar-refractivity contribution >= 4 is 28.9 Å². The summed E-state index contributed by atoms with van der Waals surface area (Å²) in [5, 5.41) is 3.16. The number of nitrogens with one attached hydrogen (secondary N) is 1. The van der Waals surface area contributed by atoms with Gasteiger partial charge in [-0.05, 0) is 50.0 Å². The molecule has 1 saturated heterocycles. The highest BCUT2D eigenvalue weighted by atomic mass is 16.1. The Morgan fingerprint density at radius 3 is 2.24 bits per heavy atom. The van der Waals surface area contributed by atoms with Gasteiger partial charge in [-0.15, -0.1) is 0 Å². The third-order valence-electron chi connectivity index (χ3n) is 7.92. The van der Waals surface area contributed by atoms with Gasteiger partial charge in [-0.3, -0.25) is 9.69 Å². The van der Waals surface area contributed by atoms with Crippen LogP contribution in [0.15, 0.2) is 83.9 Å². The summed E-state index contributed by atoms with van der Waals surface area (Å²) in [6.45, 7) is 6.41. The second-order valence-electron chi connectivity index (χ2n) is 11.4. The molecule has 1 fully saturated rings. The van der Waals surface area contributed by atoms with Crippen molar-refractivity contribution in [1.82, 2.24) is 20.0 Å². The van der Waals surface area contributed by atoms with Gasteiger partial charge in [-0.2, -0.15) is 0 Å². The lowest BCUT2D eigenvalue weighted by molar-refractivity contribution is -0.121. The van der Waals surface area contributed by atoms with Crippen molar-refractivity contribution in [1.29, 1.82) is 0 Å². The van der Waals surface area contributed by atoms with Gasteiger partial charge in [-0.25, -0.2) is 4.99 Å². The smallest absolute Gasteiger partial charge is 0.222 e. The van der Waals surface area contributed by atoms with Crippen molar-refractivity contribution in [2.75, 3.05) is 77.3 Å². The number of fused-ring (bicyclic) bond motifs is 1. The van der Waals surface area contributed by atoms with Gasteiger partial charge in [0.2, 0.25) is 11.9 Å². The van der Waals surface area contributed by atoms with Crippen LogP contribution in [0.5, 0.6) is 0 Å². The van der Waals surface area contributed by atoms with Gasteiger partial charge in [0.1, 0.15) is 0 Å². The monoisotopic (exact) mass is 553 g/mol. The minimum absolute atomic E-state index is 0.0262. The van der Waals surface area contributed by atoms with Crippen molar-refractivity contribution in [3.05, 3.63) is 90.0 Å². The molecule has 0 saturated carbocycles. The number of hydrogen-bond donors (Lipinski definition) is 1. The van der Waals surface area contributed by atoms with Crippen molar-refractivity contribution < 1.29 is 4.79 Å². The number of likely N-dealkylation sites (N-methyl/N-ethyl adjacent to an activating group) is 1. The van der Waals surface area contributed by atoms with E-state index in [2.05, 4.69) is 94.4 Å². The highest BCUT2D eigenvalue weighted by Gasteiger charge is 2.36. The quantitative estimate of drug-likeness (QED) is 0.429. The standard InChI is InChI=1S/C33H43N7O/c1-36(2)18-19-38-20-22-39(23-21-38)33-35-30-13-9-8-12-29(30)31(24-32(41)34-25-26-10-6-5-7-11-26)40(33)28-16-14-27(15-17-28)37(3)4/h5-17,31H,18-25H2,1-4H3,(H,34,41). The largest absolute Gasteiger partial charge is 0.378 e.